The van der Waals surface area contributed by atoms with Gasteiger partial charge in [-0.25, -0.2) is 8.42 Å². The third-order valence-electron chi connectivity index (χ3n) is 7.49. The monoisotopic (exact) mass is 674 g/mol. The molecule has 0 N–H and O–H groups in total. The number of unbranched alkanes of at least 4 members (excludes halogenated alkanes) is 1. The van der Waals surface area contributed by atoms with E-state index in [0.29, 0.717) is 58.5 Å². The van der Waals surface area contributed by atoms with Gasteiger partial charge in [-0.1, -0.05) is 60.7 Å². The van der Waals surface area contributed by atoms with Crippen LogP contribution < -0.4 is 9.47 Å². The first kappa shape index (κ1) is 38.1. The molecule has 0 atom stereocenters. The Labute approximate surface area is 285 Å². The van der Waals surface area contributed by atoms with Gasteiger partial charge in [-0.15, -0.1) is 0 Å². The van der Waals surface area contributed by atoms with E-state index >= 15 is 0 Å². The second-order valence-electron chi connectivity index (χ2n) is 12.3. The van der Waals surface area contributed by atoms with Crippen molar-refractivity contribution in [3.05, 3.63) is 131 Å². The first-order chi connectivity index (χ1) is 22.8. The van der Waals surface area contributed by atoms with Crippen LogP contribution in [0.5, 0.6) is 11.5 Å². The number of rotatable bonds is 17. The predicted molar refractivity (Wildman–Crippen MR) is 188 cm³/mol. The maximum Gasteiger partial charge on any atom is 0.193 e. The molecule has 4 aromatic carbocycles. The van der Waals surface area contributed by atoms with E-state index in [9.17, 15) is 22.6 Å². The lowest BCUT2D eigenvalue weighted by molar-refractivity contribution is -0.890. The molecule has 0 unspecified atom stereocenters. The Kier molecular flexibility index (Phi) is 15.0. The number of ether oxygens (including phenoxy) is 2. The summed E-state index contributed by atoms with van der Waals surface area (Å²) in [5.74, 6) is 1.19. The Morgan fingerprint density at radius 3 is 1.46 bits per heavy atom. The predicted octanol–water partition coefficient (Wildman–Crippen LogP) is 5.56. The molecule has 0 heterocycles. The van der Waals surface area contributed by atoms with Gasteiger partial charge in [0.2, 0.25) is 0 Å². The Morgan fingerprint density at radius 2 is 1.04 bits per heavy atom. The van der Waals surface area contributed by atoms with Gasteiger partial charge in [0, 0.05) is 34.6 Å². The van der Waals surface area contributed by atoms with Crippen LogP contribution in [0.1, 0.15) is 44.7 Å². The second-order valence-corrected chi connectivity index (χ2v) is 13.8. The van der Waals surface area contributed by atoms with Crippen LogP contribution in [-0.2, 0) is 10.1 Å². The topological polar surface area (TPSA) is 113 Å². The van der Waals surface area contributed by atoms with Crippen molar-refractivity contribution in [3.8, 4) is 11.5 Å². The van der Waals surface area contributed by atoms with E-state index < -0.39 is 10.1 Å². The SMILES string of the molecule is CN(C)CCOc1ccc(C(=O)c2ccccc2)cc1.C[N+](C)(CCCCS(=O)(=O)[O-])CCOc1ccc(C(=O)c2ccccc2)cc1. The van der Waals surface area contributed by atoms with Gasteiger partial charge in [0.15, 0.2) is 11.6 Å². The van der Waals surface area contributed by atoms with Crippen LogP contribution in [0.3, 0.4) is 0 Å². The molecule has 0 saturated heterocycles. The van der Waals surface area contributed by atoms with E-state index in [1.54, 1.807) is 48.5 Å². The number of benzene rings is 4. The summed E-state index contributed by atoms with van der Waals surface area (Å²) in [4.78, 5) is 26.7. The summed E-state index contributed by atoms with van der Waals surface area (Å²) < 4.78 is 43.9. The van der Waals surface area contributed by atoms with Gasteiger partial charge in [0.05, 0.1) is 30.8 Å². The molecule has 0 aliphatic carbocycles. The van der Waals surface area contributed by atoms with Crippen molar-refractivity contribution in [2.24, 2.45) is 0 Å². The van der Waals surface area contributed by atoms with Crippen LogP contribution in [0, 0.1) is 0 Å². The van der Waals surface area contributed by atoms with Crippen LogP contribution in [0.2, 0.25) is 0 Å². The summed E-state index contributed by atoms with van der Waals surface area (Å²) in [6.45, 7) is 3.51. The average Bonchev–Trinajstić information content (AvgIpc) is 3.07. The summed E-state index contributed by atoms with van der Waals surface area (Å²) in [7, 11) is 3.96. The van der Waals surface area contributed by atoms with Crippen molar-refractivity contribution < 1.29 is 36.5 Å². The first-order valence-corrected chi connectivity index (χ1v) is 17.5. The highest BCUT2D eigenvalue weighted by molar-refractivity contribution is 7.85. The summed E-state index contributed by atoms with van der Waals surface area (Å²) in [6, 6.07) is 32.8. The minimum atomic E-state index is -4.13. The number of ketones is 2. The zero-order valence-electron chi connectivity index (χ0n) is 28.2. The van der Waals surface area contributed by atoms with E-state index in [2.05, 4.69) is 4.90 Å². The molecule has 0 aliphatic rings. The fourth-order valence-corrected chi connectivity index (χ4v) is 5.16. The second kappa shape index (κ2) is 18.8. The molecule has 256 valence electrons. The minimum Gasteiger partial charge on any atom is -0.748 e. The zero-order valence-corrected chi connectivity index (χ0v) is 29.0. The lowest BCUT2D eigenvalue weighted by Gasteiger charge is -2.29. The molecular formula is C38H46N2O7S. The van der Waals surface area contributed by atoms with Gasteiger partial charge >= 0.3 is 0 Å². The molecule has 0 radical (unpaired) electrons. The molecule has 0 bridgehead atoms. The third kappa shape index (κ3) is 14.2. The largest absolute Gasteiger partial charge is 0.748 e. The zero-order chi connectivity index (χ0) is 35.0. The van der Waals surface area contributed by atoms with Gasteiger partial charge in [0.25, 0.3) is 0 Å². The summed E-state index contributed by atoms with van der Waals surface area (Å²) in [6.07, 6.45) is 1.05. The van der Waals surface area contributed by atoms with Crippen molar-refractivity contribution in [2.45, 2.75) is 12.8 Å². The van der Waals surface area contributed by atoms with E-state index in [1.807, 2.05) is 88.9 Å². The van der Waals surface area contributed by atoms with E-state index in [0.717, 1.165) is 25.4 Å². The Hall–Kier alpha value is -4.35. The van der Waals surface area contributed by atoms with Crippen LogP contribution in [0.4, 0.5) is 0 Å². The van der Waals surface area contributed by atoms with Crippen LogP contribution in [0.15, 0.2) is 109 Å². The van der Waals surface area contributed by atoms with Gasteiger partial charge in [0.1, 0.15) is 31.3 Å². The molecule has 4 aromatic rings. The van der Waals surface area contributed by atoms with E-state index in [1.165, 1.54) is 0 Å². The number of carbonyl (C=O) groups is 2. The molecule has 0 aromatic heterocycles. The summed E-state index contributed by atoms with van der Waals surface area (Å²) >= 11 is 0. The molecule has 48 heavy (non-hydrogen) atoms. The number of carbonyl (C=O) groups excluding carboxylic acids is 2. The summed E-state index contributed by atoms with van der Waals surface area (Å²) in [5.41, 5.74) is 2.65. The maximum atomic E-state index is 12.4. The molecule has 0 spiro atoms. The number of nitrogens with zero attached hydrogens (tertiary/aromatic N) is 2. The number of quaternary nitrogens is 1. The van der Waals surface area contributed by atoms with Gasteiger partial charge < -0.3 is 23.4 Å². The highest BCUT2D eigenvalue weighted by Gasteiger charge is 2.15. The van der Waals surface area contributed by atoms with Crippen molar-refractivity contribution >= 4 is 21.7 Å². The van der Waals surface area contributed by atoms with Crippen LogP contribution in [0.25, 0.3) is 0 Å². The lowest BCUT2D eigenvalue weighted by Crippen LogP contribution is -2.43. The molecule has 0 amide bonds. The molecule has 0 fully saturated rings. The number of hydrogen-bond donors (Lipinski definition) is 0. The summed E-state index contributed by atoms with van der Waals surface area (Å²) in [5, 5.41) is 0. The molecule has 9 nitrogen and oxygen atoms in total. The fraction of sp³-hybridized carbons (Fsp3) is 0.316. The van der Waals surface area contributed by atoms with Gasteiger partial charge in [-0.05, 0) is 75.5 Å². The highest BCUT2D eigenvalue weighted by atomic mass is 32.2. The van der Waals surface area contributed by atoms with Crippen LogP contribution >= 0.6 is 0 Å². The quantitative estimate of drug-likeness (QED) is 0.0620. The number of likely N-dealkylation sites (N-methyl/N-ethyl adjacent to an activating group) is 2. The van der Waals surface area contributed by atoms with E-state index in [4.69, 9.17) is 9.47 Å². The van der Waals surface area contributed by atoms with Gasteiger partial charge in [-0.3, -0.25) is 9.59 Å². The molecule has 4 rings (SSSR count). The standard InChI is InChI=1S/C21H27NO5S.C17H19NO2/c1-22(2,14-6-7-17-28(24,25)26)15-16-27-20-12-10-19(11-13-20)21(23)18-8-4-3-5-9-18;1-18(2)12-13-20-16-10-8-15(9-11-16)17(19)14-6-4-3-5-7-14/h3-5,8-13H,6-7,14-17H2,1-2H3;3-11H,12-13H2,1-2H3. The Balaban J connectivity index is 0.000000275. The molecule has 0 saturated carbocycles. The fourth-order valence-electron chi connectivity index (χ4n) is 4.60. The molecule has 0 aliphatic heterocycles. The smallest absolute Gasteiger partial charge is 0.193 e. The highest BCUT2D eigenvalue weighted by Crippen LogP contribution is 2.17. The van der Waals surface area contributed by atoms with Crippen molar-refractivity contribution in [1.29, 1.82) is 0 Å². The van der Waals surface area contributed by atoms with E-state index in [-0.39, 0.29) is 17.3 Å². The average molecular weight is 675 g/mol. The molecular weight excluding hydrogens is 628 g/mol. The van der Waals surface area contributed by atoms with Crippen molar-refractivity contribution in [2.75, 3.05) is 66.8 Å². The minimum absolute atomic E-state index is 0.0231. The maximum absolute atomic E-state index is 12.4. The van der Waals surface area contributed by atoms with Crippen molar-refractivity contribution in [3.63, 3.8) is 0 Å². The first-order valence-electron chi connectivity index (χ1n) is 15.9. The van der Waals surface area contributed by atoms with Crippen LogP contribution in [-0.4, -0.2) is 101 Å². The van der Waals surface area contributed by atoms with Gasteiger partial charge in [-0.2, -0.15) is 0 Å². The number of hydrogen-bond acceptors (Lipinski definition) is 8. The Morgan fingerprint density at radius 1 is 0.625 bits per heavy atom. The molecule has 10 heteroatoms. The van der Waals surface area contributed by atoms with Crippen molar-refractivity contribution in [1.82, 2.24) is 4.90 Å². The lowest BCUT2D eigenvalue weighted by atomic mass is 10.0. The third-order valence-corrected chi connectivity index (χ3v) is 8.27. The normalized spacial score (nSPS) is 11.4. The Bertz CT molecular complexity index is 1660.